The molecule has 19 heavy (non-hydrogen) atoms. The fourth-order valence-electron chi connectivity index (χ4n) is 1.67. The Bertz CT molecular complexity index is 521. The van der Waals surface area contributed by atoms with Crippen molar-refractivity contribution < 1.29 is 9.53 Å². The lowest BCUT2D eigenvalue weighted by atomic mass is 10.2. The van der Waals surface area contributed by atoms with Gasteiger partial charge in [-0.15, -0.1) is 23.1 Å². The van der Waals surface area contributed by atoms with Crippen LogP contribution >= 0.6 is 23.1 Å². The highest BCUT2D eigenvalue weighted by atomic mass is 32.2. The largest absolute Gasteiger partial charge is 0.497 e. The highest BCUT2D eigenvalue weighted by Gasteiger charge is 2.06. The Morgan fingerprint density at radius 1 is 1.32 bits per heavy atom. The van der Waals surface area contributed by atoms with Gasteiger partial charge in [-0.1, -0.05) is 12.1 Å². The number of carbonyl (C=O) groups is 1. The molecule has 0 bridgehead atoms. The second-order valence-corrected chi connectivity index (χ2v) is 6.15. The molecule has 0 unspecified atom stereocenters. The summed E-state index contributed by atoms with van der Waals surface area (Å²) in [6.45, 7) is 0. The van der Waals surface area contributed by atoms with E-state index in [1.165, 1.54) is 16.2 Å². The summed E-state index contributed by atoms with van der Waals surface area (Å²) in [6.07, 6.45) is 1.52. The molecule has 0 spiro atoms. The molecule has 0 aliphatic heterocycles. The van der Waals surface area contributed by atoms with Crippen molar-refractivity contribution >= 4 is 28.9 Å². The van der Waals surface area contributed by atoms with Gasteiger partial charge >= 0.3 is 0 Å². The quantitative estimate of drug-likeness (QED) is 0.426. The monoisotopic (exact) mass is 292 g/mol. The molecular weight excluding hydrogens is 276 g/mol. The van der Waals surface area contributed by atoms with Crippen LogP contribution in [0.5, 0.6) is 5.75 Å². The van der Waals surface area contributed by atoms with Crippen molar-refractivity contribution in [3.8, 4) is 5.75 Å². The topological polar surface area (TPSA) is 26.3 Å². The number of ketones is 1. The van der Waals surface area contributed by atoms with Gasteiger partial charge in [0, 0.05) is 11.3 Å². The van der Waals surface area contributed by atoms with Crippen molar-refractivity contribution in [1.82, 2.24) is 0 Å². The van der Waals surface area contributed by atoms with Crippen LogP contribution in [-0.4, -0.2) is 18.6 Å². The Hall–Kier alpha value is -1.26. The lowest BCUT2D eigenvalue weighted by molar-refractivity contribution is 0.0986. The van der Waals surface area contributed by atoms with E-state index in [4.69, 9.17) is 4.74 Å². The van der Waals surface area contributed by atoms with Crippen molar-refractivity contribution in [2.45, 2.75) is 17.7 Å². The number of benzene rings is 1. The van der Waals surface area contributed by atoms with Gasteiger partial charge in [-0.3, -0.25) is 4.79 Å². The van der Waals surface area contributed by atoms with E-state index in [0.717, 1.165) is 22.8 Å². The Labute approximate surface area is 121 Å². The summed E-state index contributed by atoms with van der Waals surface area (Å²) in [5.74, 6) is 2.07. The van der Waals surface area contributed by atoms with E-state index in [-0.39, 0.29) is 5.78 Å². The van der Waals surface area contributed by atoms with Crippen LogP contribution in [0.15, 0.2) is 46.7 Å². The van der Waals surface area contributed by atoms with Crippen LogP contribution in [0.3, 0.4) is 0 Å². The van der Waals surface area contributed by atoms with Gasteiger partial charge < -0.3 is 4.74 Å². The van der Waals surface area contributed by atoms with Crippen molar-refractivity contribution in [3.63, 3.8) is 0 Å². The summed E-state index contributed by atoms with van der Waals surface area (Å²) in [5, 5.41) is 1.94. The first-order valence-corrected chi connectivity index (χ1v) is 7.99. The summed E-state index contributed by atoms with van der Waals surface area (Å²) in [7, 11) is 1.67. The molecule has 1 aromatic heterocycles. The maximum absolute atomic E-state index is 11.8. The molecule has 0 amide bonds. The molecule has 0 atom stereocenters. The predicted molar refractivity (Wildman–Crippen MR) is 81.6 cm³/mol. The second-order valence-electron chi connectivity index (χ2n) is 4.03. The second kappa shape index (κ2) is 7.36. The third-order valence-electron chi connectivity index (χ3n) is 2.65. The molecule has 4 heteroatoms. The first-order chi connectivity index (χ1) is 9.29. The van der Waals surface area contributed by atoms with E-state index in [1.54, 1.807) is 18.9 Å². The minimum Gasteiger partial charge on any atom is -0.497 e. The SMILES string of the molecule is COc1cccc(SCCCC(=O)c2cccs2)c1. The Kier molecular flexibility index (Phi) is 5.48. The number of hydrogen-bond acceptors (Lipinski definition) is 4. The smallest absolute Gasteiger partial charge is 0.172 e. The van der Waals surface area contributed by atoms with Crippen molar-refractivity contribution in [2.75, 3.05) is 12.9 Å². The normalized spacial score (nSPS) is 10.4. The van der Waals surface area contributed by atoms with E-state index in [2.05, 4.69) is 6.07 Å². The lowest BCUT2D eigenvalue weighted by Crippen LogP contribution is -1.96. The molecule has 0 saturated carbocycles. The molecular formula is C15H16O2S2. The van der Waals surface area contributed by atoms with Gasteiger partial charge in [0.05, 0.1) is 12.0 Å². The molecule has 100 valence electrons. The molecule has 0 N–H and O–H groups in total. The molecule has 2 nitrogen and oxygen atoms in total. The van der Waals surface area contributed by atoms with E-state index >= 15 is 0 Å². The predicted octanol–water partition coefficient (Wildman–Crippen LogP) is 4.51. The first kappa shape index (κ1) is 14.2. The van der Waals surface area contributed by atoms with Crippen molar-refractivity contribution in [3.05, 3.63) is 46.7 Å². The highest BCUT2D eigenvalue weighted by Crippen LogP contribution is 2.24. The standard InChI is InChI=1S/C15H16O2S2/c1-17-12-5-2-6-13(11-12)18-9-3-7-14(16)15-8-4-10-19-15/h2,4-6,8,10-11H,3,7,9H2,1H3. The zero-order valence-electron chi connectivity index (χ0n) is 10.8. The van der Waals surface area contributed by atoms with E-state index < -0.39 is 0 Å². The minimum atomic E-state index is 0.251. The molecule has 0 radical (unpaired) electrons. The van der Waals surface area contributed by atoms with Crippen LogP contribution in [0.1, 0.15) is 22.5 Å². The Morgan fingerprint density at radius 3 is 2.95 bits per heavy atom. The first-order valence-electron chi connectivity index (χ1n) is 6.13. The highest BCUT2D eigenvalue weighted by molar-refractivity contribution is 7.99. The molecule has 0 fully saturated rings. The summed E-state index contributed by atoms with van der Waals surface area (Å²) in [4.78, 5) is 13.8. The van der Waals surface area contributed by atoms with Crippen LogP contribution in [0.25, 0.3) is 0 Å². The number of thiophene rings is 1. The Balaban J connectivity index is 1.73. The zero-order valence-corrected chi connectivity index (χ0v) is 12.4. The van der Waals surface area contributed by atoms with Crippen molar-refractivity contribution in [2.24, 2.45) is 0 Å². The number of hydrogen-bond donors (Lipinski definition) is 0. The number of thioether (sulfide) groups is 1. The molecule has 1 aromatic carbocycles. The van der Waals surface area contributed by atoms with E-state index in [9.17, 15) is 4.79 Å². The molecule has 1 heterocycles. The minimum absolute atomic E-state index is 0.251. The van der Waals surface area contributed by atoms with Gasteiger partial charge in [0.1, 0.15) is 5.75 Å². The average Bonchev–Trinajstić information content (AvgIpc) is 2.98. The number of Topliss-reactive ketones (excluding diaryl/α,β-unsaturated/α-hetero) is 1. The average molecular weight is 292 g/mol. The van der Waals surface area contributed by atoms with Crippen LogP contribution in [-0.2, 0) is 0 Å². The molecule has 0 aliphatic rings. The fraction of sp³-hybridized carbons (Fsp3) is 0.267. The maximum Gasteiger partial charge on any atom is 0.172 e. The van der Waals surface area contributed by atoms with Crippen LogP contribution < -0.4 is 4.74 Å². The van der Waals surface area contributed by atoms with Crippen molar-refractivity contribution in [1.29, 1.82) is 0 Å². The number of methoxy groups -OCH3 is 1. The molecule has 0 saturated heterocycles. The Morgan fingerprint density at radius 2 is 2.21 bits per heavy atom. The van der Waals surface area contributed by atoms with Crippen LogP contribution in [0.2, 0.25) is 0 Å². The summed E-state index contributed by atoms with van der Waals surface area (Å²) < 4.78 is 5.18. The summed E-state index contributed by atoms with van der Waals surface area (Å²) in [6, 6.07) is 11.8. The third kappa shape index (κ3) is 4.40. The number of ether oxygens (including phenoxy) is 1. The molecule has 2 rings (SSSR count). The lowest BCUT2D eigenvalue weighted by Gasteiger charge is -2.04. The van der Waals surface area contributed by atoms with Crippen LogP contribution in [0.4, 0.5) is 0 Å². The summed E-state index contributed by atoms with van der Waals surface area (Å²) in [5.41, 5.74) is 0. The van der Waals surface area contributed by atoms with Gasteiger partial charge in [-0.25, -0.2) is 0 Å². The fourth-order valence-corrected chi connectivity index (χ4v) is 3.27. The van der Waals surface area contributed by atoms with Gasteiger partial charge in [0.25, 0.3) is 0 Å². The molecule has 2 aromatic rings. The van der Waals surface area contributed by atoms with Crippen LogP contribution in [0, 0.1) is 0 Å². The summed E-state index contributed by atoms with van der Waals surface area (Å²) >= 11 is 3.28. The van der Waals surface area contributed by atoms with Gasteiger partial charge in [0.15, 0.2) is 5.78 Å². The van der Waals surface area contributed by atoms with E-state index in [1.807, 2.05) is 35.7 Å². The number of carbonyl (C=O) groups excluding carboxylic acids is 1. The van der Waals surface area contributed by atoms with Gasteiger partial charge in [-0.2, -0.15) is 0 Å². The van der Waals surface area contributed by atoms with Gasteiger partial charge in [-0.05, 0) is 41.8 Å². The number of rotatable bonds is 7. The molecule has 0 aliphatic carbocycles. The zero-order chi connectivity index (χ0) is 13.5. The van der Waals surface area contributed by atoms with Gasteiger partial charge in [0.2, 0.25) is 0 Å². The maximum atomic E-state index is 11.8. The third-order valence-corrected chi connectivity index (χ3v) is 4.65. The van der Waals surface area contributed by atoms with E-state index in [0.29, 0.717) is 6.42 Å².